The molecule has 2 N–H and O–H groups in total. The van der Waals surface area contributed by atoms with Crippen molar-refractivity contribution in [1.29, 1.82) is 0 Å². The van der Waals surface area contributed by atoms with Crippen LogP contribution in [0.4, 0.5) is 18.0 Å². The van der Waals surface area contributed by atoms with Crippen molar-refractivity contribution in [3.8, 4) is 0 Å². The second kappa shape index (κ2) is 7.30. The van der Waals surface area contributed by atoms with Crippen molar-refractivity contribution >= 4 is 11.9 Å². The van der Waals surface area contributed by atoms with Crippen LogP contribution in [-0.4, -0.2) is 48.0 Å². The summed E-state index contributed by atoms with van der Waals surface area (Å²) in [5, 5.41) is 5.28. The largest absolute Gasteiger partial charge is 0.433 e. The minimum Gasteiger partial charge on any atom is -0.354 e. The van der Waals surface area contributed by atoms with Crippen LogP contribution in [-0.2, 0) is 17.4 Å². The summed E-state index contributed by atoms with van der Waals surface area (Å²) in [6.07, 6.45) is -4.05. The summed E-state index contributed by atoms with van der Waals surface area (Å²) in [5.41, 5.74) is -0.689. The van der Waals surface area contributed by atoms with Crippen molar-refractivity contribution in [2.24, 2.45) is 0 Å². The zero-order valence-electron chi connectivity index (χ0n) is 12.3. The van der Waals surface area contributed by atoms with Crippen LogP contribution in [0.3, 0.4) is 0 Å². The summed E-state index contributed by atoms with van der Waals surface area (Å²) in [6.45, 7) is 1.28. The predicted molar refractivity (Wildman–Crippen MR) is 75.5 cm³/mol. The number of halogens is 3. The molecule has 1 aromatic rings. The normalized spacial score (nSPS) is 15.8. The summed E-state index contributed by atoms with van der Waals surface area (Å²) in [6, 6.07) is 3.34. The number of carbonyl (C=O) groups is 2. The van der Waals surface area contributed by atoms with Crippen molar-refractivity contribution in [2.75, 3.05) is 26.2 Å². The molecular formula is C14H17F3N4O2. The first-order valence-electron chi connectivity index (χ1n) is 7.19. The molecule has 2 rings (SSSR count). The molecule has 0 spiro atoms. The number of hydrogen-bond donors (Lipinski definition) is 2. The maximum Gasteiger partial charge on any atom is 0.433 e. The van der Waals surface area contributed by atoms with Gasteiger partial charge in [-0.1, -0.05) is 6.07 Å². The number of aromatic nitrogens is 1. The summed E-state index contributed by atoms with van der Waals surface area (Å²) in [5.74, 6) is -0.103. The molecule has 0 atom stereocenters. The zero-order valence-corrected chi connectivity index (χ0v) is 12.3. The Balaban J connectivity index is 1.82. The Bertz CT molecular complexity index is 577. The lowest BCUT2D eigenvalue weighted by molar-refractivity contribution is -0.141. The molecule has 1 aliphatic heterocycles. The van der Waals surface area contributed by atoms with E-state index in [1.165, 1.54) is 17.0 Å². The van der Waals surface area contributed by atoms with Gasteiger partial charge in [0.1, 0.15) is 5.69 Å². The van der Waals surface area contributed by atoms with E-state index in [1.54, 1.807) is 0 Å². The number of amides is 3. The molecular weight excluding hydrogens is 313 g/mol. The Morgan fingerprint density at radius 2 is 2.13 bits per heavy atom. The number of urea groups is 1. The summed E-state index contributed by atoms with van der Waals surface area (Å²) in [4.78, 5) is 28.2. The van der Waals surface area contributed by atoms with Gasteiger partial charge in [0, 0.05) is 44.7 Å². The molecule has 23 heavy (non-hydrogen) atoms. The van der Waals surface area contributed by atoms with E-state index in [9.17, 15) is 22.8 Å². The van der Waals surface area contributed by atoms with Gasteiger partial charge in [-0.15, -0.1) is 0 Å². The highest BCUT2D eigenvalue weighted by Crippen LogP contribution is 2.27. The summed E-state index contributed by atoms with van der Waals surface area (Å²) in [7, 11) is 0. The van der Waals surface area contributed by atoms with Gasteiger partial charge in [0.05, 0.1) is 0 Å². The Hall–Kier alpha value is -2.32. The average Bonchev–Trinajstić information content (AvgIpc) is 2.71. The summed E-state index contributed by atoms with van der Waals surface area (Å²) >= 11 is 0. The van der Waals surface area contributed by atoms with Crippen molar-refractivity contribution in [1.82, 2.24) is 20.5 Å². The van der Waals surface area contributed by atoms with Crippen LogP contribution in [0.2, 0.25) is 0 Å². The second-order valence-corrected chi connectivity index (χ2v) is 5.08. The average molecular weight is 330 g/mol. The van der Waals surface area contributed by atoms with Crippen molar-refractivity contribution in [2.45, 2.75) is 19.0 Å². The predicted octanol–water partition coefficient (Wildman–Crippen LogP) is 1.17. The van der Waals surface area contributed by atoms with Gasteiger partial charge >= 0.3 is 12.2 Å². The topological polar surface area (TPSA) is 74.3 Å². The molecule has 6 nitrogen and oxygen atoms in total. The van der Waals surface area contributed by atoms with E-state index in [0.717, 1.165) is 6.07 Å². The third kappa shape index (κ3) is 5.11. The van der Waals surface area contributed by atoms with E-state index in [2.05, 4.69) is 15.6 Å². The fraction of sp³-hybridized carbons (Fsp3) is 0.500. The highest BCUT2D eigenvalue weighted by Gasteiger charge is 2.32. The quantitative estimate of drug-likeness (QED) is 0.874. The second-order valence-electron chi connectivity index (χ2n) is 5.08. The van der Waals surface area contributed by atoms with E-state index in [0.29, 0.717) is 19.6 Å². The van der Waals surface area contributed by atoms with Crippen molar-refractivity contribution in [3.05, 3.63) is 29.6 Å². The van der Waals surface area contributed by atoms with E-state index in [1.807, 2.05) is 0 Å². The third-order valence-corrected chi connectivity index (χ3v) is 3.35. The minimum absolute atomic E-state index is 0.103. The van der Waals surface area contributed by atoms with E-state index < -0.39 is 11.9 Å². The monoisotopic (exact) mass is 330 g/mol. The number of alkyl halides is 3. The van der Waals surface area contributed by atoms with Gasteiger partial charge in [-0.3, -0.25) is 4.79 Å². The van der Waals surface area contributed by atoms with Crippen molar-refractivity contribution in [3.63, 3.8) is 0 Å². The Kier molecular flexibility index (Phi) is 5.41. The molecule has 0 aromatic carbocycles. The molecule has 126 valence electrons. The number of hydrogen-bond acceptors (Lipinski definition) is 3. The van der Waals surface area contributed by atoms with Gasteiger partial charge in [0.25, 0.3) is 0 Å². The van der Waals surface area contributed by atoms with Gasteiger partial charge < -0.3 is 15.5 Å². The molecule has 2 heterocycles. The van der Waals surface area contributed by atoms with Crippen LogP contribution in [0.1, 0.15) is 17.8 Å². The summed E-state index contributed by atoms with van der Waals surface area (Å²) < 4.78 is 37.7. The van der Waals surface area contributed by atoms with Gasteiger partial charge in [0.15, 0.2) is 0 Å². The first kappa shape index (κ1) is 17.0. The molecule has 1 saturated heterocycles. The Morgan fingerprint density at radius 3 is 2.87 bits per heavy atom. The molecule has 9 heteroatoms. The van der Waals surface area contributed by atoms with Gasteiger partial charge in [-0.2, -0.15) is 13.2 Å². The third-order valence-electron chi connectivity index (χ3n) is 3.35. The van der Waals surface area contributed by atoms with Gasteiger partial charge in [-0.05, 0) is 12.1 Å². The van der Waals surface area contributed by atoms with Gasteiger partial charge in [-0.25, -0.2) is 9.78 Å². The molecule has 1 aromatic heterocycles. The lowest BCUT2D eigenvalue weighted by Gasteiger charge is -2.20. The number of nitrogens with zero attached hydrogens (tertiary/aromatic N) is 2. The fourth-order valence-electron chi connectivity index (χ4n) is 2.16. The zero-order chi connectivity index (χ0) is 16.9. The number of nitrogens with one attached hydrogen (secondary N) is 2. The smallest absolute Gasteiger partial charge is 0.354 e. The van der Waals surface area contributed by atoms with Gasteiger partial charge in [0.2, 0.25) is 5.91 Å². The van der Waals surface area contributed by atoms with Crippen molar-refractivity contribution < 1.29 is 22.8 Å². The molecule has 0 bridgehead atoms. The number of rotatable bonds is 3. The highest BCUT2D eigenvalue weighted by atomic mass is 19.4. The fourth-order valence-corrected chi connectivity index (χ4v) is 2.16. The molecule has 1 aliphatic rings. The number of carbonyl (C=O) groups excluding carboxylic acids is 2. The molecule has 0 saturated carbocycles. The Morgan fingerprint density at radius 1 is 1.35 bits per heavy atom. The number of pyridine rings is 1. The molecule has 1 fully saturated rings. The highest BCUT2D eigenvalue weighted by molar-refractivity contribution is 5.79. The van der Waals surface area contributed by atoms with E-state index in [-0.39, 0.29) is 37.0 Å². The standard InChI is InChI=1S/C14H17F3N4O2/c15-14(16,17)11-3-1-2-10(20-11)4-6-19-13(23)21-8-5-12(22)18-7-9-21/h1-3H,4-9H2,(H,18,22)(H,19,23). The lowest BCUT2D eigenvalue weighted by atomic mass is 10.2. The first-order chi connectivity index (χ1) is 10.9. The first-order valence-corrected chi connectivity index (χ1v) is 7.19. The molecule has 0 aliphatic carbocycles. The maximum absolute atomic E-state index is 12.6. The van der Waals surface area contributed by atoms with E-state index in [4.69, 9.17) is 0 Å². The van der Waals surface area contributed by atoms with Crippen LogP contribution in [0, 0.1) is 0 Å². The van der Waals surface area contributed by atoms with Crippen LogP contribution < -0.4 is 10.6 Å². The lowest BCUT2D eigenvalue weighted by Crippen LogP contribution is -2.42. The minimum atomic E-state index is -4.48. The van der Waals surface area contributed by atoms with Crippen LogP contribution in [0.25, 0.3) is 0 Å². The van der Waals surface area contributed by atoms with Crippen LogP contribution in [0.5, 0.6) is 0 Å². The maximum atomic E-state index is 12.6. The molecule has 3 amide bonds. The van der Waals surface area contributed by atoms with E-state index >= 15 is 0 Å². The Labute approximate surface area is 131 Å². The SMILES string of the molecule is O=C1CCN(C(=O)NCCc2cccc(C(F)(F)F)n2)CCN1. The van der Waals surface area contributed by atoms with Crippen LogP contribution in [0.15, 0.2) is 18.2 Å². The van der Waals surface area contributed by atoms with Crippen LogP contribution >= 0.6 is 0 Å². The molecule has 0 radical (unpaired) electrons. The molecule has 0 unspecified atom stereocenters.